The van der Waals surface area contributed by atoms with Gasteiger partial charge < -0.3 is 33.8 Å². The van der Waals surface area contributed by atoms with Crippen LogP contribution < -0.4 is 19.5 Å². The van der Waals surface area contributed by atoms with Gasteiger partial charge in [-0.2, -0.15) is 0 Å². The van der Waals surface area contributed by atoms with Crippen LogP contribution in [0.2, 0.25) is 0 Å². The highest BCUT2D eigenvalue weighted by molar-refractivity contribution is 6.10. The van der Waals surface area contributed by atoms with Crippen LogP contribution in [0.15, 0.2) is 30.0 Å². The van der Waals surface area contributed by atoms with Gasteiger partial charge in [0.1, 0.15) is 16.9 Å². The van der Waals surface area contributed by atoms with Gasteiger partial charge in [-0.1, -0.05) is 0 Å². The third kappa shape index (κ3) is 2.66. The number of esters is 1. The average molecular weight is 478 g/mol. The topological polar surface area (TPSA) is 145 Å². The summed E-state index contributed by atoms with van der Waals surface area (Å²) in [6.45, 7) is 0.370. The van der Waals surface area contributed by atoms with Crippen LogP contribution in [0.3, 0.4) is 0 Å². The first-order valence-electron chi connectivity index (χ1n) is 10.9. The SMILES string of the molecule is COC(=O)c1cc2c([nH]1)C(=O)C=C1N(C(=O)c3cc4cc(OC)c(OC)c(OC)c4[nH]3)C[C@H]3N[C@]123. The molecule has 0 saturated carbocycles. The Morgan fingerprint density at radius 3 is 2.46 bits per heavy atom. The Balaban J connectivity index is 1.40. The van der Waals surface area contributed by atoms with Crippen molar-refractivity contribution in [2.75, 3.05) is 35.0 Å². The maximum absolute atomic E-state index is 13.7. The molecule has 1 aliphatic carbocycles. The number of hydrogen-bond donors (Lipinski definition) is 3. The summed E-state index contributed by atoms with van der Waals surface area (Å²) < 4.78 is 21.2. The zero-order chi connectivity index (χ0) is 24.6. The minimum absolute atomic E-state index is 0.0788. The molecule has 2 atom stereocenters. The molecule has 6 rings (SSSR count). The van der Waals surface area contributed by atoms with Crippen LogP contribution in [0.5, 0.6) is 17.2 Å². The Morgan fingerprint density at radius 2 is 1.77 bits per heavy atom. The summed E-state index contributed by atoms with van der Waals surface area (Å²) >= 11 is 0. The van der Waals surface area contributed by atoms with Gasteiger partial charge >= 0.3 is 5.97 Å². The molecule has 0 radical (unpaired) electrons. The fraction of sp³-hybridized carbons (Fsp3) is 0.292. The molecule has 1 aromatic carbocycles. The van der Waals surface area contributed by atoms with E-state index in [2.05, 4.69) is 15.3 Å². The number of amides is 1. The molecule has 35 heavy (non-hydrogen) atoms. The molecule has 2 aromatic heterocycles. The van der Waals surface area contributed by atoms with Gasteiger partial charge in [0.2, 0.25) is 11.5 Å². The Hall–Kier alpha value is -4.25. The van der Waals surface area contributed by atoms with Crippen LogP contribution in [0.25, 0.3) is 10.9 Å². The smallest absolute Gasteiger partial charge is 0.354 e. The summed E-state index contributed by atoms with van der Waals surface area (Å²) in [5, 5.41) is 4.10. The number of H-pyrrole nitrogens is 2. The van der Waals surface area contributed by atoms with E-state index in [1.807, 2.05) is 0 Å². The fourth-order valence-corrected chi connectivity index (χ4v) is 5.33. The summed E-state index contributed by atoms with van der Waals surface area (Å²) in [4.78, 5) is 46.2. The number of ether oxygens (including phenoxy) is 4. The van der Waals surface area contributed by atoms with E-state index in [1.54, 1.807) is 23.1 Å². The number of nitrogens with one attached hydrogen (secondary N) is 3. The van der Waals surface area contributed by atoms with E-state index < -0.39 is 11.5 Å². The number of hydrogen-bond acceptors (Lipinski definition) is 8. The van der Waals surface area contributed by atoms with Gasteiger partial charge in [-0.15, -0.1) is 0 Å². The second-order valence-electron chi connectivity index (χ2n) is 8.57. The molecule has 2 saturated heterocycles. The number of rotatable bonds is 5. The Labute approximate surface area is 199 Å². The van der Waals surface area contributed by atoms with Crippen LogP contribution in [0.4, 0.5) is 0 Å². The van der Waals surface area contributed by atoms with E-state index in [-0.39, 0.29) is 23.4 Å². The Kier molecular flexibility index (Phi) is 4.33. The number of fused-ring (bicyclic) bond motifs is 2. The first-order chi connectivity index (χ1) is 16.9. The van der Waals surface area contributed by atoms with Crippen molar-refractivity contribution in [2.45, 2.75) is 11.6 Å². The van der Waals surface area contributed by atoms with E-state index in [4.69, 9.17) is 18.9 Å². The number of benzene rings is 1. The predicted octanol–water partition coefficient (Wildman–Crippen LogP) is 1.71. The minimum Gasteiger partial charge on any atom is -0.493 e. The van der Waals surface area contributed by atoms with Gasteiger partial charge in [0.15, 0.2) is 11.5 Å². The molecule has 3 N–H and O–H groups in total. The molecular weight excluding hydrogens is 456 g/mol. The Morgan fingerprint density at radius 1 is 1.00 bits per heavy atom. The fourth-order valence-electron chi connectivity index (χ4n) is 5.33. The molecule has 1 amide bonds. The lowest BCUT2D eigenvalue weighted by atomic mass is 9.87. The number of ketones is 1. The van der Waals surface area contributed by atoms with Crippen molar-refractivity contribution in [1.29, 1.82) is 0 Å². The van der Waals surface area contributed by atoms with E-state index in [1.165, 1.54) is 34.5 Å². The lowest BCUT2D eigenvalue weighted by molar-refractivity contribution is 0.0594. The van der Waals surface area contributed by atoms with Crippen molar-refractivity contribution >= 4 is 28.6 Å². The molecule has 2 fully saturated rings. The predicted molar refractivity (Wildman–Crippen MR) is 122 cm³/mol. The molecule has 180 valence electrons. The second kappa shape index (κ2) is 7.12. The zero-order valence-corrected chi connectivity index (χ0v) is 19.4. The van der Waals surface area contributed by atoms with E-state index in [9.17, 15) is 14.4 Å². The molecule has 2 aliphatic heterocycles. The molecule has 0 unspecified atom stereocenters. The first kappa shape index (κ1) is 21.3. The first-order valence-corrected chi connectivity index (χ1v) is 10.9. The molecule has 3 aromatic rings. The standard InChI is InChI=1S/C24H22N4O7/c1-32-15-6-10-5-12(25-18(10)21(34-3)20(15)33-2)22(30)28-9-16-24(27-16)11-7-13(23(31)35-4)26-19(11)14(29)8-17(24)28/h5-8,16,25-27H,9H2,1-4H3/t16-,24-/m1/s1. The number of piperazine rings is 1. The monoisotopic (exact) mass is 478 g/mol. The van der Waals surface area contributed by atoms with Gasteiger partial charge in [-0.3, -0.25) is 14.9 Å². The highest BCUT2D eigenvalue weighted by atomic mass is 16.5. The second-order valence-corrected chi connectivity index (χ2v) is 8.57. The van der Waals surface area contributed by atoms with Gasteiger partial charge in [0, 0.05) is 23.6 Å². The number of carbonyl (C=O) groups is 3. The number of carbonyl (C=O) groups excluding carboxylic acids is 3. The van der Waals surface area contributed by atoms with Crippen molar-refractivity contribution in [3.8, 4) is 17.2 Å². The lowest BCUT2D eigenvalue weighted by Gasteiger charge is -2.26. The average Bonchev–Trinajstić information content (AvgIpc) is 3.21. The van der Waals surface area contributed by atoms with E-state index >= 15 is 0 Å². The van der Waals surface area contributed by atoms with Crippen molar-refractivity contribution < 1.29 is 33.3 Å². The van der Waals surface area contributed by atoms with Crippen molar-refractivity contribution in [1.82, 2.24) is 20.2 Å². The number of nitrogens with zero attached hydrogens (tertiary/aromatic N) is 1. The van der Waals surface area contributed by atoms with Gasteiger partial charge in [0.25, 0.3) is 5.91 Å². The minimum atomic E-state index is -0.697. The molecule has 1 spiro atoms. The van der Waals surface area contributed by atoms with Crippen LogP contribution in [-0.2, 0) is 10.3 Å². The van der Waals surface area contributed by atoms with Crippen molar-refractivity contribution in [2.24, 2.45) is 0 Å². The highest BCUT2D eigenvalue weighted by Gasteiger charge is 2.68. The number of likely N-dealkylation sites (tertiary alicyclic amines) is 1. The number of aromatic amines is 2. The summed E-state index contributed by atoms with van der Waals surface area (Å²) in [6, 6.07) is 5.02. The maximum atomic E-state index is 13.7. The van der Waals surface area contributed by atoms with Crippen molar-refractivity contribution in [3.05, 3.63) is 52.6 Å². The van der Waals surface area contributed by atoms with E-state index in [0.717, 1.165) is 0 Å². The third-order valence-corrected chi connectivity index (χ3v) is 6.96. The molecule has 3 aliphatic rings. The number of allylic oxidation sites excluding steroid dienone is 1. The Bertz CT molecular complexity index is 1480. The zero-order valence-electron chi connectivity index (χ0n) is 19.4. The summed E-state index contributed by atoms with van der Waals surface area (Å²) in [5.74, 6) is 0.142. The largest absolute Gasteiger partial charge is 0.493 e. The quantitative estimate of drug-likeness (QED) is 0.371. The molecule has 4 heterocycles. The van der Waals surface area contributed by atoms with Gasteiger partial charge in [-0.25, -0.2) is 4.79 Å². The molecular formula is C24H22N4O7. The lowest BCUT2D eigenvalue weighted by Crippen LogP contribution is -2.36. The maximum Gasteiger partial charge on any atom is 0.354 e. The highest BCUT2D eigenvalue weighted by Crippen LogP contribution is 2.55. The van der Waals surface area contributed by atoms with Crippen LogP contribution in [0.1, 0.15) is 37.0 Å². The molecule has 0 bridgehead atoms. The van der Waals surface area contributed by atoms with E-state index in [0.29, 0.717) is 57.3 Å². The summed E-state index contributed by atoms with van der Waals surface area (Å²) in [5.41, 5.74) is 1.95. The molecule has 11 nitrogen and oxygen atoms in total. The number of aromatic nitrogens is 2. The summed E-state index contributed by atoms with van der Waals surface area (Å²) in [6.07, 6.45) is 1.45. The van der Waals surface area contributed by atoms with Gasteiger partial charge in [-0.05, 0) is 18.2 Å². The van der Waals surface area contributed by atoms with Crippen LogP contribution in [0, 0.1) is 0 Å². The van der Waals surface area contributed by atoms with Crippen LogP contribution in [-0.4, -0.2) is 73.6 Å². The number of methoxy groups -OCH3 is 4. The van der Waals surface area contributed by atoms with Gasteiger partial charge in [0.05, 0.1) is 51.4 Å². The summed E-state index contributed by atoms with van der Waals surface area (Å²) in [7, 11) is 5.83. The molecule has 11 heteroatoms. The normalized spacial score (nSPS) is 21.7. The third-order valence-electron chi connectivity index (χ3n) is 6.96. The van der Waals surface area contributed by atoms with Crippen molar-refractivity contribution in [3.63, 3.8) is 0 Å². The van der Waals surface area contributed by atoms with Crippen LogP contribution >= 0.6 is 0 Å².